The van der Waals surface area contributed by atoms with Gasteiger partial charge in [0.25, 0.3) is 0 Å². The maximum Gasteiger partial charge on any atom is 0.207 e. The first-order valence-corrected chi connectivity index (χ1v) is 8.36. The first kappa shape index (κ1) is 16.7. The summed E-state index contributed by atoms with van der Waals surface area (Å²) in [4.78, 5) is 3.62. The topological polar surface area (TPSA) is 57.7 Å². The zero-order chi connectivity index (χ0) is 17.8. The molecule has 0 aliphatic heterocycles. The second-order valence-electron chi connectivity index (χ2n) is 6.04. The van der Waals surface area contributed by atoms with Crippen molar-refractivity contribution >= 4 is 5.82 Å². The molecule has 0 saturated heterocycles. The van der Waals surface area contributed by atoms with Crippen molar-refractivity contribution in [3.05, 3.63) is 70.9 Å². The molecule has 5 heteroatoms. The molecule has 0 atom stereocenters. The molecule has 0 radical (unpaired) electrons. The molecule has 0 saturated carbocycles. The molecule has 0 aliphatic carbocycles. The van der Waals surface area contributed by atoms with E-state index >= 15 is 0 Å². The molecule has 3 rings (SSSR count). The average Bonchev–Trinajstić information content (AvgIpc) is 3.07. The van der Waals surface area contributed by atoms with E-state index in [-0.39, 0.29) is 0 Å². The lowest BCUT2D eigenvalue weighted by Crippen LogP contribution is -2.23. The van der Waals surface area contributed by atoms with Gasteiger partial charge in [-0.25, -0.2) is 0 Å². The number of anilines is 1. The first-order valence-electron chi connectivity index (χ1n) is 8.36. The molecule has 0 bridgehead atoms. The summed E-state index contributed by atoms with van der Waals surface area (Å²) in [6.45, 7) is 7.62. The van der Waals surface area contributed by atoms with Crippen LogP contribution in [0.1, 0.15) is 29.3 Å². The number of hydrogen-bond acceptors (Lipinski definition) is 4. The van der Waals surface area contributed by atoms with Crippen molar-refractivity contribution in [3.63, 3.8) is 0 Å². The van der Waals surface area contributed by atoms with Crippen molar-refractivity contribution in [2.45, 2.75) is 27.3 Å². The number of hydrogen-bond donors (Lipinski definition) is 0. The molecule has 0 unspecified atom stereocenters. The Labute approximate surface area is 148 Å². The second kappa shape index (κ2) is 7.18. The van der Waals surface area contributed by atoms with Gasteiger partial charge in [0.15, 0.2) is 5.82 Å². The minimum Gasteiger partial charge on any atom is -0.349 e. The zero-order valence-corrected chi connectivity index (χ0v) is 14.8. The molecule has 0 fully saturated rings. The molecular formula is C20H21N5. The first-order chi connectivity index (χ1) is 12.1. The molecule has 0 aliphatic rings. The Morgan fingerprint density at radius 2 is 1.80 bits per heavy atom. The van der Waals surface area contributed by atoms with Crippen LogP contribution < -0.4 is 4.90 Å². The van der Waals surface area contributed by atoms with Gasteiger partial charge in [-0.15, -0.1) is 15.0 Å². The number of nitrogens with zero attached hydrogens (tertiary/aromatic N) is 5. The van der Waals surface area contributed by atoms with Crippen molar-refractivity contribution in [2.24, 2.45) is 0 Å². The summed E-state index contributed by atoms with van der Waals surface area (Å²) in [6.07, 6.45) is 0. The molecule has 0 amide bonds. The summed E-state index contributed by atoms with van der Waals surface area (Å²) >= 11 is 0. The predicted octanol–water partition coefficient (Wildman–Crippen LogP) is 3.78. The maximum atomic E-state index is 9.50. The second-order valence-corrected chi connectivity index (χ2v) is 6.04. The number of benzene rings is 2. The summed E-state index contributed by atoms with van der Waals surface area (Å²) in [5, 5.41) is 18.5. The molecule has 5 nitrogen and oxygen atoms in total. The predicted molar refractivity (Wildman–Crippen MR) is 98.7 cm³/mol. The fourth-order valence-electron chi connectivity index (χ4n) is 2.69. The van der Waals surface area contributed by atoms with E-state index in [1.165, 1.54) is 16.7 Å². The molecule has 2 aromatic carbocycles. The van der Waals surface area contributed by atoms with Gasteiger partial charge in [-0.3, -0.25) is 0 Å². The summed E-state index contributed by atoms with van der Waals surface area (Å²) in [7, 11) is 0. The fraction of sp³-hybridized carbons (Fsp3) is 0.250. The van der Waals surface area contributed by atoms with Gasteiger partial charge >= 0.3 is 0 Å². The summed E-state index contributed by atoms with van der Waals surface area (Å²) in [5.74, 6) is 0.618. The minimum atomic E-state index is 0.344. The average molecular weight is 331 g/mol. The van der Waals surface area contributed by atoms with Gasteiger partial charge in [0, 0.05) is 13.1 Å². The Hall–Kier alpha value is -3.13. The molecule has 126 valence electrons. The van der Waals surface area contributed by atoms with E-state index in [1.54, 1.807) is 4.80 Å². The van der Waals surface area contributed by atoms with Crippen molar-refractivity contribution in [1.82, 2.24) is 15.0 Å². The van der Waals surface area contributed by atoms with Gasteiger partial charge in [0.2, 0.25) is 5.69 Å². The van der Waals surface area contributed by atoms with E-state index in [2.05, 4.69) is 54.1 Å². The highest BCUT2D eigenvalue weighted by molar-refractivity contribution is 5.51. The lowest BCUT2D eigenvalue weighted by atomic mass is 10.1. The third kappa shape index (κ3) is 3.53. The minimum absolute atomic E-state index is 0.344. The van der Waals surface area contributed by atoms with Gasteiger partial charge in [-0.1, -0.05) is 36.4 Å². The number of aryl methyl sites for hydroxylation is 2. The summed E-state index contributed by atoms with van der Waals surface area (Å²) < 4.78 is 0. The van der Waals surface area contributed by atoms with Gasteiger partial charge in [0.1, 0.15) is 6.07 Å². The lowest BCUT2D eigenvalue weighted by molar-refractivity contribution is 0.732. The normalized spacial score (nSPS) is 10.5. The Balaban J connectivity index is 1.96. The van der Waals surface area contributed by atoms with Crippen molar-refractivity contribution in [3.8, 4) is 11.8 Å². The Kier molecular flexibility index (Phi) is 4.80. The van der Waals surface area contributed by atoms with Crippen LogP contribution in [0.3, 0.4) is 0 Å². The van der Waals surface area contributed by atoms with Gasteiger partial charge in [-0.2, -0.15) is 5.26 Å². The largest absolute Gasteiger partial charge is 0.349 e. The van der Waals surface area contributed by atoms with Gasteiger partial charge in [0.05, 0.1) is 5.69 Å². The highest BCUT2D eigenvalue weighted by Crippen LogP contribution is 2.20. The molecular weight excluding hydrogens is 310 g/mol. The van der Waals surface area contributed by atoms with Crippen LogP contribution in [0.2, 0.25) is 0 Å². The van der Waals surface area contributed by atoms with Crippen LogP contribution in [-0.2, 0) is 6.54 Å². The number of nitriles is 1. The van der Waals surface area contributed by atoms with E-state index in [1.807, 2.05) is 36.4 Å². The van der Waals surface area contributed by atoms with E-state index in [9.17, 15) is 5.26 Å². The van der Waals surface area contributed by atoms with Crippen LogP contribution in [0.5, 0.6) is 0 Å². The van der Waals surface area contributed by atoms with E-state index in [0.717, 1.165) is 12.2 Å². The van der Waals surface area contributed by atoms with Crippen LogP contribution in [0.4, 0.5) is 5.82 Å². The third-order valence-electron chi connectivity index (χ3n) is 4.32. The van der Waals surface area contributed by atoms with Crippen molar-refractivity contribution in [1.29, 1.82) is 5.26 Å². The Morgan fingerprint density at radius 3 is 2.44 bits per heavy atom. The lowest BCUT2D eigenvalue weighted by Gasteiger charge is -2.20. The monoisotopic (exact) mass is 331 g/mol. The highest BCUT2D eigenvalue weighted by atomic mass is 15.5. The van der Waals surface area contributed by atoms with Gasteiger partial charge < -0.3 is 4.90 Å². The van der Waals surface area contributed by atoms with E-state index in [0.29, 0.717) is 18.1 Å². The maximum absolute atomic E-state index is 9.50. The van der Waals surface area contributed by atoms with Crippen LogP contribution in [0, 0.1) is 25.2 Å². The summed E-state index contributed by atoms with van der Waals surface area (Å²) in [6, 6.07) is 18.4. The number of aromatic nitrogens is 3. The number of rotatable bonds is 5. The van der Waals surface area contributed by atoms with Crippen LogP contribution >= 0.6 is 0 Å². The quantitative estimate of drug-likeness (QED) is 0.714. The van der Waals surface area contributed by atoms with Crippen LogP contribution in [0.25, 0.3) is 5.69 Å². The van der Waals surface area contributed by atoms with E-state index < -0.39 is 0 Å². The Bertz CT molecular complexity index is 906. The van der Waals surface area contributed by atoms with Gasteiger partial charge in [-0.05, 0) is 49.6 Å². The van der Waals surface area contributed by atoms with Crippen molar-refractivity contribution in [2.75, 3.05) is 11.4 Å². The molecule has 0 N–H and O–H groups in total. The zero-order valence-electron chi connectivity index (χ0n) is 14.8. The smallest absolute Gasteiger partial charge is 0.207 e. The molecule has 1 heterocycles. The molecule has 3 aromatic rings. The van der Waals surface area contributed by atoms with Crippen LogP contribution in [-0.4, -0.2) is 21.5 Å². The van der Waals surface area contributed by atoms with Crippen molar-refractivity contribution < 1.29 is 0 Å². The van der Waals surface area contributed by atoms with E-state index in [4.69, 9.17) is 0 Å². The standard InChI is InChI=1S/C20H21N5/c1-4-24(14-17-8-6-5-7-9-17)20-19(13-21)22-25(23-20)18-11-10-15(2)16(3)12-18/h5-12H,4,14H2,1-3H3. The molecule has 25 heavy (non-hydrogen) atoms. The highest BCUT2D eigenvalue weighted by Gasteiger charge is 2.18. The Morgan fingerprint density at radius 1 is 1.04 bits per heavy atom. The SMILES string of the molecule is CCN(Cc1ccccc1)c1nn(-c2ccc(C)c(C)c2)nc1C#N. The fourth-order valence-corrected chi connectivity index (χ4v) is 2.69. The summed E-state index contributed by atoms with van der Waals surface area (Å²) in [5.41, 5.74) is 4.77. The molecule has 1 aromatic heterocycles. The molecule has 0 spiro atoms. The third-order valence-corrected chi connectivity index (χ3v) is 4.32. The van der Waals surface area contributed by atoms with Crippen LogP contribution in [0.15, 0.2) is 48.5 Å².